The average molecular weight is 271 g/mol. The predicted octanol–water partition coefficient (Wildman–Crippen LogP) is 4.16. The van der Waals surface area contributed by atoms with E-state index in [9.17, 15) is 0 Å². The molecule has 0 radical (unpaired) electrons. The van der Waals surface area contributed by atoms with Crippen molar-refractivity contribution in [1.82, 2.24) is 10.2 Å². The highest BCUT2D eigenvalue weighted by molar-refractivity contribution is 4.78. The Kier molecular flexibility index (Phi) is 10.6. The Labute approximate surface area is 122 Å². The van der Waals surface area contributed by atoms with Crippen LogP contribution in [0, 0.1) is 11.8 Å². The number of nitrogens with one attached hydrogen (secondary N) is 1. The zero-order valence-corrected chi connectivity index (χ0v) is 14.5. The number of hydrogen-bond donors (Lipinski definition) is 1. The summed E-state index contributed by atoms with van der Waals surface area (Å²) in [7, 11) is 2.23. The first-order valence-electron chi connectivity index (χ1n) is 8.46. The second-order valence-electron chi connectivity index (χ2n) is 6.38. The lowest BCUT2D eigenvalue weighted by atomic mass is 10.0. The number of rotatable bonds is 2. The van der Waals surface area contributed by atoms with E-state index in [4.69, 9.17) is 0 Å². The van der Waals surface area contributed by atoms with Crippen molar-refractivity contribution in [3.63, 3.8) is 0 Å². The quantitative estimate of drug-likeness (QED) is 0.810. The van der Waals surface area contributed by atoms with Gasteiger partial charge in [-0.25, -0.2) is 0 Å². The Morgan fingerprint density at radius 3 is 1.79 bits per heavy atom. The van der Waals surface area contributed by atoms with Crippen molar-refractivity contribution in [3.05, 3.63) is 0 Å². The van der Waals surface area contributed by atoms with E-state index in [0.29, 0.717) is 0 Å². The molecule has 0 amide bonds. The second-order valence-corrected chi connectivity index (χ2v) is 6.38. The molecule has 2 heteroatoms. The molecule has 0 saturated carbocycles. The highest BCUT2D eigenvalue weighted by Crippen LogP contribution is 2.21. The second kappa shape index (κ2) is 10.7. The van der Waals surface area contributed by atoms with Gasteiger partial charge in [0.1, 0.15) is 0 Å². The molecule has 2 atom stereocenters. The summed E-state index contributed by atoms with van der Waals surface area (Å²) in [5, 5.41) is 3.46. The molecule has 0 aromatic heterocycles. The van der Waals surface area contributed by atoms with Gasteiger partial charge in [0.2, 0.25) is 0 Å². The topological polar surface area (TPSA) is 15.3 Å². The fourth-order valence-electron chi connectivity index (χ4n) is 3.06. The predicted molar refractivity (Wildman–Crippen MR) is 87.7 cm³/mol. The van der Waals surface area contributed by atoms with Gasteiger partial charge >= 0.3 is 0 Å². The third-order valence-corrected chi connectivity index (χ3v) is 4.25. The highest BCUT2D eigenvalue weighted by atomic mass is 15.1. The van der Waals surface area contributed by atoms with Crippen LogP contribution < -0.4 is 5.32 Å². The molecule has 2 nitrogen and oxygen atoms in total. The van der Waals surface area contributed by atoms with Crippen molar-refractivity contribution in [2.45, 2.75) is 79.3 Å². The zero-order valence-electron chi connectivity index (χ0n) is 14.5. The lowest BCUT2D eigenvalue weighted by molar-refractivity contribution is 0.250. The summed E-state index contributed by atoms with van der Waals surface area (Å²) in [5.41, 5.74) is 0. The molecule has 2 heterocycles. The minimum absolute atomic E-state index is 0.815. The minimum atomic E-state index is 0.815. The molecule has 0 aliphatic carbocycles. The van der Waals surface area contributed by atoms with Crippen molar-refractivity contribution in [1.29, 1.82) is 0 Å². The van der Waals surface area contributed by atoms with E-state index in [1.165, 1.54) is 38.8 Å². The molecule has 2 aliphatic heterocycles. The molecule has 2 aliphatic rings. The lowest BCUT2D eigenvalue weighted by Gasteiger charge is -2.22. The van der Waals surface area contributed by atoms with Crippen molar-refractivity contribution < 1.29 is 0 Å². The SMILES string of the molecule is CC.CC(C)C1CCCN1.CC(C)C1CCCN1C. The largest absolute Gasteiger partial charge is 0.314 e. The van der Waals surface area contributed by atoms with Crippen LogP contribution in [0.15, 0.2) is 0 Å². The first-order valence-corrected chi connectivity index (χ1v) is 8.46. The molecule has 19 heavy (non-hydrogen) atoms. The van der Waals surface area contributed by atoms with Crippen LogP contribution in [0.4, 0.5) is 0 Å². The standard InChI is InChI=1S/C8H17N.C7H15N.C2H6/c1-7(2)8-5-4-6-9(8)3;1-6(2)7-4-3-5-8-7;1-2/h7-8H,4-6H2,1-3H3;6-8H,3-5H2,1-2H3;1-2H3. The maximum atomic E-state index is 3.46. The van der Waals surface area contributed by atoms with Crippen LogP contribution in [0.5, 0.6) is 0 Å². The Morgan fingerprint density at radius 2 is 1.58 bits per heavy atom. The molecular formula is C17H38N2. The molecule has 0 aromatic carbocycles. The van der Waals surface area contributed by atoms with Crippen LogP contribution in [0.2, 0.25) is 0 Å². The Hall–Kier alpha value is -0.0800. The van der Waals surface area contributed by atoms with Crippen molar-refractivity contribution in [2.75, 3.05) is 20.1 Å². The van der Waals surface area contributed by atoms with Gasteiger partial charge in [0.15, 0.2) is 0 Å². The molecule has 116 valence electrons. The van der Waals surface area contributed by atoms with E-state index in [-0.39, 0.29) is 0 Å². The minimum Gasteiger partial charge on any atom is -0.314 e. The fourth-order valence-corrected chi connectivity index (χ4v) is 3.06. The van der Waals surface area contributed by atoms with E-state index in [0.717, 1.165) is 23.9 Å². The van der Waals surface area contributed by atoms with Gasteiger partial charge in [0, 0.05) is 12.1 Å². The van der Waals surface area contributed by atoms with Gasteiger partial charge in [-0.2, -0.15) is 0 Å². The van der Waals surface area contributed by atoms with Crippen LogP contribution in [0.1, 0.15) is 67.2 Å². The molecule has 0 spiro atoms. The van der Waals surface area contributed by atoms with Gasteiger partial charge in [-0.15, -0.1) is 0 Å². The van der Waals surface area contributed by atoms with Crippen LogP contribution in [-0.2, 0) is 0 Å². The third kappa shape index (κ3) is 7.31. The summed E-state index contributed by atoms with van der Waals surface area (Å²) < 4.78 is 0. The molecule has 0 bridgehead atoms. The molecule has 1 N–H and O–H groups in total. The van der Waals surface area contributed by atoms with Gasteiger partial charge in [-0.05, 0) is 57.7 Å². The molecule has 2 unspecified atom stereocenters. The highest BCUT2D eigenvalue weighted by Gasteiger charge is 2.22. The maximum absolute atomic E-state index is 3.46. The number of hydrogen-bond acceptors (Lipinski definition) is 2. The fraction of sp³-hybridized carbons (Fsp3) is 1.00. The van der Waals surface area contributed by atoms with Crippen molar-refractivity contribution >= 4 is 0 Å². The molecule has 2 saturated heterocycles. The summed E-state index contributed by atoms with van der Waals surface area (Å²) in [5.74, 6) is 1.68. The average Bonchev–Trinajstić information content (AvgIpc) is 3.02. The summed E-state index contributed by atoms with van der Waals surface area (Å²) >= 11 is 0. The van der Waals surface area contributed by atoms with Crippen molar-refractivity contribution in [3.8, 4) is 0 Å². The summed E-state index contributed by atoms with van der Waals surface area (Å²) in [6.45, 7) is 15.7. The Bertz CT molecular complexity index is 195. The zero-order chi connectivity index (χ0) is 14.8. The summed E-state index contributed by atoms with van der Waals surface area (Å²) in [4.78, 5) is 2.48. The van der Waals surface area contributed by atoms with Gasteiger partial charge in [-0.3, -0.25) is 0 Å². The van der Waals surface area contributed by atoms with Crippen LogP contribution in [0.25, 0.3) is 0 Å². The monoisotopic (exact) mass is 270 g/mol. The first-order chi connectivity index (χ1) is 9.02. The maximum Gasteiger partial charge on any atom is 0.0116 e. The van der Waals surface area contributed by atoms with E-state index >= 15 is 0 Å². The lowest BCUT2D eigenvalue weighted by Crippen LogP contribution is -2.29. The van der Waals surface area contributed by atoms with E-state index < -0.39 is 0 Å². The summed E-state index contributed by atoms with van der Waals surface area (Å²) in [6, 6.07) is 1.68. The third-order valence-electron chi connectivity index (χ3n) is 4.25. The van der Waals surface area contributed by atoms with Crippen molar-refractivity contribution in [2.24, 2.45) is 11.8 Å². The van der Waals surface area contributed by atoms with Gasteiger partial charge < -0.3 is 10.2 Å². The van der Waals surface area contributed by atoms with E-state index in [1.807, 2.05) is 13.8 Å². The van der Waals surface area contributed by atoms with Gasteiger partial charge in [0.05, 0.1) is 0 Å². The van der Waals surface area contributed by atoms with Crippen LogP contribution >= 0.6 is 0 Å². The molecular weight excluding hydrogens is 232 g/mol. The first kappa shape index (κ1) is 18.9. The Balaban J connectivity index is 0.000000303. The number of nitrogens with zero attached hydrogens (tertiary/aromatic N) is 1. The van der Waals surface area contributed by atoms with E-state index in [1.54, 1.807) is 0 Å². The Morgan fingerprint density at radius 1 is 0.947 bits per heavy atom. The van der Waals surface area contributed by atoms with Gasteiger partial charge in [0.25, 0.3) is 0 Å². The molecule has 2 rings (SSSR count). The smallest absolute Gasteiger partial charge is 0.0116 e. The molecule has 0 aromatic rings. The van der Waals surface area contributed by atoms with E-state index in [2.05, 4.69) is 45.0 Å². The van der Waals surface area contributed by atoms with Crippen LogP contribution in [0.3, 0.4) is 0 Å². The van der Waals surface area contributed by atoms with Gasteiger partial charge in [-0.1, -0.05) is 41.5 Å². The summed E-state index contributed by atoms with van der Waals surface area (Å²) in [6.07, 6.45) is 5.58. The van der Waals surface area contributed by atoms with Crippen LogP contribution in [-0.4, -0.2) is 37.1 Å². The molecule has 2 fully saturated rings. The normalized spacial score (nSPS) is 27.0. The number of likely N-dealkylation sites (tertiary alicyclic amines) is 1.